The summed E-state index contributed by atoms with van der Waals surface area (Å²) in [6.07, 6.45) is 1.61. The fourth-order valence-corrected chi connectivity index (χ4v) is 1.77. The minimum Gasteiger partial charge on any atom is -0.355 e. The van der Waals surface area contributed by atoms with Gasteiger partial charge in [-0.1, -0.05) is 12.1 Å². The summed E-state index contributed by atoms with van der Waals surface area (Å²) in [5.41, 5.74) is 8.80. The second-order valence-electron chi connectivity index (χ2n) is 4.32. The standard InChI is InChI=1S/C15H18N4O/c1-2-17-15(20)14-9-13(7-8-18-14)19-12-5-3-11(10-16)4-6-12/h3-9H,2,10,16H2,1H3,(H,17,20)(H,18,19). The fraction of sp³-hybridized carbons (Fsp3) is 0.200. The monoisotopic (exact) mass is 270 g/mol. The lowest BCUT2D eigenvalue weighted by Crippen LogP contribution is -2.23. The van der Waals surface area contributed by atoms with Crippen molar-refractivity contribution in [1.82, 2.24) is 10.3 Å². The zero-order chi connectivity index (χ0) is 14.4. The maximum absolute atomic E-state index is 11.7. The highest BCUT2D eigenvalue weighted by atomic mass is 16.1. The molecule has 5 nitrogen and oxygen atoms in total. The van der Waals surface area contributed by atoms with Crippen molar-refractivity contribution in [3.05, 3.63) is 53.9 Å². The molecule has 2 rings (SSSR count). The third kappa shape index (κ3) is 3.55. The molecule has 5 heteroatoms. The molecule has 0 atom stereocenters. The van der Waals surface area contributed by atoms with Crippen molar-refractivity contribution in [2.24, 2.45) is 5.73 Å². The van der Waals surface area contributed by atoms with Crippen molar-refractivity contribution in [3.63, 3.8) is 0 Å². The highest BCUT2D eigenvalue weighted by Gasteiger charge is 2.06. The molecule has 1 aromatic heterocycles. The lowest BCUT2D eigenvalue weighted by atomic mass is 10.2. The molecule has 0 fully saturated rings. The van der Waals surface area contributed by atoms with Crippen LogP contribution in [0.15, 0.2) is 42.6 Å². The predicted octanol–water partition coefficient (Wildman–Crippen LogP) is 2.03. The number of carbonyl (C=O) groups is 1. The summed E-state index contributed by atoms with van der Waals surface area (Å²) in [5.74, 6) is -0.172. The highest BCUT2D eigenvalue weighted by Crippen LogP contribution is 2.17. The first-order valence-corrected chi connectivity index (χ1v) is 6.53. The molecule has 20 heavy (non-hydrogen) atoms. The highest BCUT2D eigenvalue weighted by molar-refractivity contribution is 5.93. The number of nitrogens with two attached hydrogens (primary N) is 1. The lowest BCUT2D eigenvalue weighted by molar-refractivity contribution is 0.0951. The van der Waals surface area contributed by atoms with Crippen LogP contribution in [0.25, 0.3) is 0 Å². The Hall–Kier alpha value is -2.40. The van der Waals surface area contributed by atoms with Gasteiger partial charge in [-0.2, -0.15) is 0 Å². The van der Waals surface area contributed by atoms with E-state index >= 15 is 0 Å². The third-order valence-corrected chi connectivity index (χ3v) is 2.81. The Morgan fingerprint density at radius 2 is 1.95 bits per heavy atom. The molecule has 0 radical (unpaired) electrons. The maximum atomic E-state index is 11.7. The molecule has 0 spiro atoms. The fourth-order valence-electron chi connectivity index (χ4n) is 1.77. The van der Waals surface area contributed by atoms with E-state index in [1.807, 2.05) is 37.3 Å². The Morgan fingerprint density at radius 3 is 2.60 bits per heavy atom. The van der Waals surface area contributed by atoms with Crippen LogP contribution >= 0.6 is 0 Å². The summed E-state index contributed by atoms with van der Waals surface area (Å²) >= 11 is 0. The molecule has 2 aromatic rings. The van der Waals surface area contributed by atoms with E-state index < -0.39 is 0 Å². The molecule has 0 saturated heterocycles. The van der Waals surface area contributed by atoms with Crippen molar-refractivity contribution in [1.29, 1.82) is 0 Å². The van der Waals surface area contributed by atoms with Gasteiger partial charge in [0.25, 0.3) is 5.91 Å². The van der Waals surface area contributed by atoms with Crippen LogP contribution < -0.4 is 16.4 Å². The van der Waals surface area contributed by atoms with Gasteiger partial charge in [0.2, 0.25) is 0 Å². The first kappa shape index (κ1) is 14.0. The van der Waals surface area contributed by atoms with Gasteiger partial charge in [-0.15, -0.1) is 0 Å². The molecule has 0 aliphatic heterocycles. The van der Waals surface area contributed by atoms with Gasteiger partial charge in [-0.3, -0.25) is 9.78 Å². The number of hydrogen-bond donors (Lipinski definition) is 3. The summed E-state index contributed by atoms with van der Waals surface area (Å²) < 4.78 is 0. The molecule has 4 N–H and O–H groups in total. The molecule has 104 valence electrons. The van der Waals surface area contributed by atoms with E-state index in [1.165, 1.54) is 0 Å². The molecule has 0 unspecified atom stereocenters. The van der Waals surface area contributed by atoms with Crippen LogP contribution in [0.1, 0.15) is 23.0 Å². The topological polar surface area (TPSA) is 80.0 Å². The number of benzene rings is 1. The van der Waals surface area contributed by atoms with Crippen LogP contribution in [0.2, 0.25) is 0 Å². The first-order valence-electron chi connectivity index (χ1n) is 6.53. The van der Waals surface area contributed by atoms with Crippen molar-refractivity contribution >= 4 is 17.3 Å². The molecule has 1 aromatic carbocycles. The Bertz CT molecular complexity index is 581. The van der Waals surface area contributed by atoms with Gasteiger partial charge in [0, 0.05) is 30.7 Å². The molecule has 0 aliphatic carbocycles. The molecule has 0 aliphatic rings. The van der Waals surface area contributed by atoms with Crippen molar-refractivity contribution in [2.75, 3.05) is 11.9 Å². The summed E-state index contributed by atoms with van der Waals surface area (Å²) in [6, 6.07) is 11.4. The number of aromatic nitrogens is 1. The normalized spacial score (nSPS) is 10.1. The Kier molecular flexibility index (Phi) is 4.68. The number of pyridine rings is 1. The summed E-state index contributed by atoms with van der Waals surface area (Å²) in [4.78, 5) is 15.8. The lowest BCUT2D eigenvalue weighted by Gasteiger charge is -2.08. The number of rotatable bonds is 5. The summed E-state index contributed by atoms with van der Waals surface area (Å²) in [7, 11) is 0. The zero-order valence-corrected chi connectivity index (χ0v) is 11.4. The molecular formula is C15H18N4O. The van der Waals surface area contributed by atoms with Gasteiger partial charge in [-0.05, 0) is 36.8 Å². The number of anilines is 2. The van der Waals surface area contributed by atoms with E-state index in [0.29, 0.717) is 18.8 Å². The largest absolute Gasteiger partial charge is 0.355 e. The summed E-state index contributed by atoms with van der Waals surface area (Å²) in [5, 5.41) is 5.96. The van der Waals surface area contributed by atoms with Crippen molar-refractivity contribution in [2.45, 2.75) is 13.5 Å². The Morgan fingerprint density at radius 1 is 1.20 bits per heavy atom. The number of nitrogens with one attached hydrogen (secondary N) is 2. The minimum absolute atomic E-state index is 0.172. The minimum atomic E-state index is -0.172. The van der Waals surface area contributed by atoms with Gasteiger partial charge in [0.15, 0.2) is 0 Å². The summed E-state index contributed by atoms with van der Waals surface area (Å²) in [6.45, 7) is 2.98. The Balaban J connectivity index is 2.12. The van der Waals surface area contributed by atoms with Crippen LogP contribution in [0.5, 0.6) is 0 Å². The Labute approximate surface area is 118 Å². The van der Waals surface area contributed by atoms with Crippen LogP contribution in [0.3, 0.4) is 0 Å². The van der Waals surface area contributed by atoms with Crippen LogP contribution in [-0.2, 0) is 6.54 Å². The van der Waals surface area contributed by atoms with Crippen molar-refractivity contribution < 1.29 is 4.79 Å². The van der Waals surface area contributed by atoms with E-state index in [4.69, 9.17) is 5.73 Å². The quantitative estimate of drug-likeness (QED) is 0.776. The van der Waals surface area contributed by atoms with Gasteiger partial charge < -0.3 is 16.4 Å². The van der Waals surface area contributed by atoms with E-state index in [0.717, 1.165) is 16.9 Å². The van der Waals surface area contributed by atoms with Gasteiger partial charge in [0.05, 0.1) is 0 Å². The first-order chi connectivity index (χ1) is 9.72. The zero-order valence-electron chi connectivity index (χ0n) is 11.4. The smallest absolute Gasteiger partial charge is 0.269 e. The molecule has 1 amide bonds. The van der Waals surface area contributed by atoms with Gasteiger partial charge >= 0.3 is 0 Å². The number of amides is 1. The molecule has 1 heterocycles. The number of hydrogen-bond acceptors (Lipinski definition) is 4. The second-order valence-corrected chi connectivity index (χ2v) is 4.32. The average molecular weight is 270 g/mol. The maximum Gasteiger partial charge on any atom is 0.269 e. The van der Waals surface area contributed by atoms with Crippen LogP contribution in [-0.4, -0.2) is 17.4 Å². The van der Waals surface area contributed by atoms with E-state index in [2.05, 4.69) is 15.6 Å². The van der Waals surface area contributed by atoms with Gasteiger partial charge in [-0.25, -0.2) is 0 Å². The van der Waals surface area contributed by atoms with E-state index in [1.54, 1.807) is 12.3 Å². The van der Waals surface area contributed by atoms with Crippen LogP contribution in [0, 0.1) is 0 Å². The van der Waals surface area contributed by atoms with E-state index in [-0.39, 0.29) is 5.91 Å². The van der Waals surface area contributed by atoms with Crippen molar-refractivity contribution in [3.8, 4) is 0 Å². The number of carbonyl (C=O) groups excluding carboxylic acids is 1. The number of nitrogens with zero attached hydrogens (tertiary/aromatic N) is 1. The average Bonchev–Trinajstić information content (AvgIpc) is 2.48. The SMILES string of the molecule is CCNC(=O)c1cc(Nc2ccc(CN)cc2)ccn1. The van der Waals surface area contributed by atoms with E-state index in [9.17, 15) is 4.79 Å². The molecule has 0 saturated carbocycles. The molecular weight excluding hydrogens is 252 g/mol. The third-order valence-electron chi connectivity index (χ3n) is 2.81. The van der Waals surface area contributed by atoms with Crippen LogP contribution in [0.4, 0.5) is 11.4 Å². The van der Waals surface area contributed by atoms with Gasteiger partial charge in [0.1, 0.15) is 5.69 Å². The second kappa shape index (κ2) is 6.68. The predicted molar refractivity (Wildman–Crippen MR) is 79.9 cm³/mol. The molecule has 0 bridgehead atoms.